The Bertz CT molecular complexity index is 935. The van der Waals surface area contributed by atoms with Crippen LogP contribution in [0.3, 0.4) is 0 Å². The summed E-state index contributed by atoms with van der Waals surface area (Å²) in [6.07, 6.45) is -4.65. The Morgan fingerprint density at radius 3 is 2.37 bits per heavy atom. The molecule has 0 aromatic heterocycles. The van der Waals surface area contributed by atoms with Gasteiger partial charge in [-0.05, 0) is 56.3 Å². The topological polar surface area (TPSA) is 83.1 Å². The number of aromatic hydroxyl groups is 1. The number of hydrazine groups is 1. The van der Waals surface area contributed by atoms with E-state index in [1.54, 1.807) is 37.1 Å². The summed E-state index contributed by atoms with van der Waals surface area (Å²) >= 11 is -1.55. The molecule has 142 valence electrons. The van der Waals surface area contributed by atoms with Gasteiger partial charge in [-0.1, -0.05) is 0 Å². The van der Waals surface area contributed by atoms with Crippen molar-refractivity contribution in [2.24, 2.45) is 0 Å². The third-order valence-corrected chi connectivity index (χ3v) is 6.55. The van der Waals surface area contributed by atoms with Gasteiger partial charge < -0.3 is 5.11 Å². The molecule has 0 saturated carbocycles. The fourth-order valence-corrected chi connectivity index (χ4v) is 5.00. The number of benzene rings is 2. The van der Waals surface area contributed by atoms with E-state index < -0.39 is 33.9 Å². The predicted octanol–water partition coefficient (Wildman–Crippen LogP) is 4.34. The maximum absolute atomic E-state index is 13.3. The first kappa shape index (κ1) is 19.1. The first-order chi connectivity index (χ1) is 12.6. The largest absolute Gasteiger partial charge is 0.508 e. The number of hydrogen-bond acceptors (Lipinski definition) is 5. The average Bonchev–Trinajstić information content (AvgIpc) is 2.85. The summed E-state index contributed by atoms with van der Waals surface area (Å²) in [5.74, 6) is 0.0926. The predicted molar refractivity (Wildman–Crippen MR) is 98.9 cm³/mol. The molecule has 1 aliphatic heterocycles. The van der Waals surface area contributed by atoms with Gasteiger partial charge in [0, 0.05) is 4.90 Å². The van der Waals surface area contributed by atoms with Crippen molar-refractivity contribution in [2.75, 3.05) is 5.01 Å². The van der Waals surface area contributed by atoms with Crippen molar-refractivity contribution >= 4 is 21.8 Å². The fourth-order valence-electron chi connectivity index (χ4n) is 2.83. The summed E-state index contributed by atoms with van der Waals surface area (Å²) in [7, 11) is 0. The second-order valence-electron chi connectivity index (χ2n) is 6.53. The second kappa shape index (κ2) is 6.48. The summed E-state index contributed by atoms with van der Waals surface area (Å²) in [6, 6.07) is 11.4. The zero-order chi connectivity index (χ0) is 20.0. The van der Waals surface area contributed by atoms with E-state index in [2.05, 4.69) is 4.83 Å². The molecule has 1 atom stereocenters. The minimum absolute atomic E-state index is 0.0926. The molecule has 0 spiro atoms. The van der Waals surface area contributed by atoms with E-state index in [4.69, 9.17) is 10.7 Å². The van der Waals surface area contributed by atoms with Crippen LogP contribution >= 0.6 is 11.1 Å². The van der Waals surface area contributed by atoms with Gasteiger partial charge in [-0.15, -0.1) is 11.1 Å². The minimum atomic E-state index is -4.65. The van der Waals surface area contributed by atoms with Crippen LogP contribution in [-0.2, 0) is 6.18 Å². The number of nitrogens with one attached hydrogen (secondary N) is 2. The SMILES string of the molecule is CC1(C)C(=N)[SH](c2ccc(C#N)c(C(F)(F)F)c2)NN1c1ccc(O)cc1. The molecule has 1 aliphatic rings. The lowest BCUT2D eigenvalue weighted by molar-refractivity contribution is -0.137. The normalized spacial score (nSPS) is 20.5. The fraction of sp³-hybridized carbons (Fsp3) is 0.222. The Labute approximate surface area is 157 Å². The van der Waals surface area contributed by atoms with Crippen LogP contribution in [0.25, 0.3) is 0 Å². The van der Waals surface area contributed by atoms with Gasteiger partial charge in [-0.3, -0.25) is 10.4 Å². The number of phenolic OH excluding ortho intramolecular Hbond substituents is 1. The summed E-state index contributed by atoms with van der Waals surface area (Å²) in [6.45, 7) is 3.59. The van der Waals surface area contributed by atoms with Crippen LogP contribution in [0.5, 0.6) is 5.75 Å². The van der Waals surface area contributed by atoms with Crippen molar-refractivity contribution in [2.45, 2.75) is 30.5 Å². The standard InChI is InChI=1S/C18H17F3N4OS/c1-17(2)16(23)27(24-25(17)12-4-6-13(26)7-5-12)14-8-3-11(10-22)15(9-14)18(19,20)21/h3-9,23-24,26-27H,1-2H3. The molecule has 2 aromatic carbocycles. The number of thiol groups is 1. The van der Waals surface area contributed by atoms with Crippen LogP contribution in [0.15, 0.2) is 47.4 Å². The van der Waals surface area contributed by atoms with Crippen LogP contribution in [0.2, 0.25) is 0 Å². The molecule has 27 heavy (non-hydrogen) atoms. The van der Waals surface area contributed by atoms with E-state index in [9.17, 15) is 18.3 Å². The molecule has 0 radical (unpaired) electrons. The molecule has 1 unspecified atom stereocenters. The smallest absolute Gasteiger partial charge is 0.417 e. The first-order valence-corrected chi connectivity index (χ1v) is 9.26. The van der Waals surface area contributed by atoms with Crippen LogP contribution in [0.4, 0.5) is 18.9 Å². The molecule has 0 amide bonds. The number of phenols is 1. The number of hydrogen-bond donors (Lipinski definition) is 4. The maximum Gasteiger partial charge on any atom is 0.417 e. The number of alkyl halides is 3. The van der Waals surface area contributed by atoms with Crippen LogP contribution in [0.1, 0.15) is 25.0 Å². The lowest BCUT2D eigenvalue weighted by Gasteiger charge is -2.31. The van der Waals surface area contributed by atoms with Crippen molar-refractivity contribution in [1.29, 1.82) is 10.7 Å². The molecule has 1 saturated heterocycles. The Morgan fingerprint density at radius 2 is 1.81 bits per heavy atom. The summed E-state index contributed by atoms with van der Waals surface area (Å²) in [5.41, 5.74) is -1.55. The zero-order valence-corrected chi connectivity index (χ0v) is 15.4. The Balaban J connectivity index is 2.02. The number of halogens is 3. The number of rotatable bonds is 2. The van der Waals surface area contributed by atoms with E-state index in [0.29, 0.717) is 10.6 Å². The van der Waals surface area contributed by atoms with Crippen molar-refractivity contribution in [3.8, 4) is 11.8 Å². The Hall–Kier alpha value is -2.70. The van der Waals surface area contributed by atoms with Crippen molar-refractivity contribution in [3.63, 3.8) is 0 Å². The lowest BCUT2D eigenvalue weighted by Crippen LogP contribution is -2.46. The number of nitrogens with zero attached hydrogens (tertiary/aromatic N) is 2. The second-order valence-corrected chi connectivity index (χ2v) is 8.37. The van der Waals surface area contributed by atoms with Crippen LogP contribution in [-0.4, -0.2) is 15.7 Å². The highest BCUT2D eigenvalue weighted by Gasteiger charge is 2.44. The van der Waals surface area contributed by atoms with Crippen LogP contribution < -0.4 is 9.84 Å². The van der Waals surface area contributed by atoms with Crippen LogP contribution in [0, 0.1) is 16.7 Å². The first-order valence-electron chi connectivity index (χ1n) is 7.92. The third kappa shape index (κ3) is 3.34. The molecule has 3 rings (SSSR count). The van der Waals surface area contributed by atoms with E-state index in [1.165, 1.54) is 18.2 Å². The van der Waals surface area contributed by atoms with Gasteiger partial charge in [0.2, 0.25) is 0 Å². The molecule has 0 aliphatic carbocycles. The summed E-state index contributed by atoms with van der Waals surface area (Å²) in [5, 5.41) is 28.9. The van der Waals surface area contributed by atoms with E-state index in [1.807, 2.05) is 0 Å². The quantitative estimate of drug-likeness (QED) is 0.571. The maximum atomic E-state index is 13.3. The monoisotopic (exact) mass is 394 g/mol. The van der Waals surface area contributed by atoms with Gasteiger partial charge in [-0.25, -0.2) is 0 Å². The lowest BCUT2D eigenvalue weighted by atomic mass is 10.1. The van der Waals surface area contributed by atoms with Crippen molar-refractivity contribution in [1.82, 2.24) is 4.83 Å². The van der Waals surface area contributed by atoms with E-state index in [0.717, 1.165) is 12.1 Å². The summed E-state index contributed by atoms with van der Waals surface area (Å²) < 4.78 is 39.8. The highest BCUT2D eigenvalue weighted by atomic mass is 32.2. The number of nitriles is 1. The van der Waals surface area contributed by atoms with E-state index >= 15 is 0 Å². The molecule has 2 aromatic rings. The third-order valence-electron chi connectivity index (χ3n) is 4.36. The zero-order valence-electron chi connectivity index (χ0n) is 14.5. The molecular formula is C18H17F3N4OS. The van der Waals surface area contributed by atoms with Gasteiger partial charge >= 0.3 is 6.18 Å². The highest BCUT2D eigenvalue weighted by molar-refractivity contribution is 8.29. The molecule has 9 heteroatoms. The molecular weight excluding hydrogens is 377 g/mol. The van der Waals surface area contributed by atoms with Crippen molar-refractivity contribution in [3.05, 3.63) is 53.6 Å². The van der Waals surface area contributed by atoms with Crippen molar-refractivity contribution < 1.29 is 18.3 Å². The van der Waals surface area contributed by atoms with Gasteiger partial charge in [0.1, 0.15) is 5.75 Å². The average molecular weight is 394 g/mol. The van der Waals surface area contributed by atoms with Gasteiger partial charge in [0.05, 0.1) is 33.5 Å². The molecule has 3 N–H and O–H groups in total. The highest BCUT2D eigenvalue weighted by Crippen LogP contribution is 2.48. The minimum Gasteiger partial charge on any atom is -0.508 e. The van der Waals surface area contributed by atoms with Gasteiger partial charge in [0.25, 0.3) is 0 Å². The Morgan fingerprint density at radius 1 is 1.19 bits per heavy atom. The number of anilines is 1. The molecule has 1 fully saturated rings. The van der Waals surface area contributed by atoms with Gasteiger partial charge in [-0.2, -0.15) is 23.3 Å². The molecule has 0 bridgehead atoms. The summed E-state index contributed by atoms with van der Waals surface area (Å²) in [4.78, 5) is 3.46. The molecule has 1 heterocycles. The molecule has 5 nitrogen and oxygen atoms in total. The van der Waals surface area contributed by atoms with Gasteiger partial charge in [0.15, 0.2) is 0 Å². The van der Waals surface area contributed by atoms with E-state index in [-0.39, 0.29) is 10.8 Å². The Kier molecular flexibility index (Phi) is 4.57.